The second-order valence-electron chi connectivity index (χ2n) is 5.91. The van der Waals surface area contributed by atoms with Crippen molar-refractivity contribution in [3.8, 4) is 0 Å². The molecule has 20 heavy (non-hydrogen) atoms. The van der Waals surface area contributed by atoms with Gasteiger partial charge in [-0.25, -0.2) is 0 Å². The number of carbonyl (C=O) groups excluding carboxylic acids is 2. The van der Waals surface area contributed by atoms with Crippen LogP contribution in [-0.2, 0) is 9.59 Å². The number of nitrogens with zero attached hydrogens (tertiary/aromatic N) is 2. The summed E-state index contributed by atoms with van der Waals surface area (Å²) >= 11 is 0. The van der Waals surface area contributed by atoms with Crippen molar-refractivity contribution >= 4 is 17.6 Å². The highest BCUT2D eigenvalue weighted by molar-refractivity contribution is 5.94. The molecule has 0 aliphatic rings. The third-order valence-corrected chi connectivity index (χ3v) is 2.85. The van der Waals surface area contributed by atoms with Gasteiger partial charge in [0.2, 0.25) is 11.8 Å². The molecule has 1 atom stereocenters. The Balaban J connectivity index is 2.55. The van der Waals surface area contributed by atoms with E-state index in [4.69, 9.17) is 10.3 Å². The van der Waals surface area contributed by atoms with Crippen molar-refractivity contribution in [3.63, 3.8) is 0 Å². The van der Waals surface area contributed by atoms with Crippen LogP contribution in [0.1, 0.15) is 26.5 Å². The zero-order valence-electron chi connectivity index (χ0n) is 12.6. The number of hydrogen-bond acceptors (Lipinski definition) is 5. The fourth-order valence-electron chi connectivity index (χ4n) is 1.51. The van der Waals surface area contributed by atoms with Crippen LogP contribution in [0.15, 0.2) is 10.6 Å². The van der Waals surface area contributed by atoms with Gasteiger partial charge in [-0.2, -0.15) is 0 Å². The topological polar surface area (TPSA) is 101 Å². The maximum absolute atomic E-state index is 12.1. The smallest absolute Gasteiger partial charge is 0.245 e. The van der Waals surface area contributed by atoms with Crippen LogP contribution < -0.4 is 11.1 Å². The first kappa shape index (κ1) is 16.2. The molecule has 1 aromatic rings. The van der Waals surface area contributed by atoms with E-state index in [1.165, 1.54) is 4.90 Å². The largest absolute Gasteiger partial charge is 0.360 e. The van der Waals surface area contributed by atoms with Crippen LogP contribution in [-0.4, -0.2) is 41.5 Å². The number of nitrogens with two attached hydrogens (primary N) is 1. The summed E-state index contributed by atoms with van der Waals surface area (Å²) in [6, 6.07) is 0.940. The van der Waals surface area contributed by atoms with Gasteiger partial charge in [0.05, 0.1) is 12.6 Å². The van der Waals surface area contributed by atoms with Crippen molar-refractivity contribution in [2.75, 3.05) is 18.9 Å². The number of likely N-dealkylation sites (N-methyl/N-ethyl adjacent to an activating group) is 1. The molecule has 112 valence electrons. The lowest BCUT2D eigenvalue weighted by Crippen LogP contribution is -2.50. The van der Waals surface area contributed by atoms with E-state index >= 15 is 0 Å². The predicted molar refractivity (Wildman–Crippen MR) is 74.9 cm³/mol. The number of aryl methyl sites for hydroxylation is 1. The molecule has 0 aliphatic carbocycles. The average Bonchev–Trinajstić information content (AvgIpc) is 2.71. The van der Waals surface area contributed by atoms with E-state index in [0.29, 0.717) is 11.6 Å². The summed E-state index contributed by atoms with van der Waals surface area (Å²) < 4.78 is 4.84. The summed E-state index contributed by atoms with van der Waals surface area (Å²) in [7, 11) is 1.54. The fraction of sp³-hybridized carbons (Fsp3) is 0.615. The predicted octanol–water partition coefficient (Wildman–Crippen LogP) is 0.753. The summed E-state index contributed by atoms with van der Waals surface area (Å²) in [5.74, 6) is 0.298. The molecule has 0 spiro atoms. The number of hydrogen-bond donors (Lipinski definition) is 2. The Kier molecular flexibility index (Phi) is 4.88. The van der Waals surface area contributed by atoms with E-state index in [0.717, 1.165) is 0 Å². The number of rotatable bonds is 4. The Hall–Kier alpha value is -1.89. The van der Waals surface area contributed by atoms with Crippen molar-refractivity contribution in [3.05, 3.63) is 11.8 Å². The van der Waals surface area contributed by atoms with Crippen LogP contribution in [0.5, 0.6) is 0 Å². The summed E-state index contributed by atoms with van der Waals surface area (Å²) in [4.78, 5) is 25.2. The molecule has 0 saturated carbocycles. The highest BCUT2D eigenvalue weighted by Crippen LogP contribution is 2.18. The molecule has 2 amide bonds. The Morgan fingerprint density at radius 2 is 2.10 bits per heavy atom. The lowest BCUT2D eigenvalue weighted by molar-refractivity contribution is -0.136. The van der Waals surface area contributed by atoms with Crippen LogP contribution in [0.25, 0.3) is 0 Å². The standard InChI is InChI=1S/C13H22N4O3/c1-8-6-9(16-20-8)15-10(18)7-17(5)12(19)11(14)13(2,3)4/h6,11H,7,14H2,1-5H3,(H,15,16,18)/t11-/m1/s1. The van der Waals surface area contributed by atoms with Crippen LogP contribution in [0, 0.1) is 12.3 Å². The number of nitrogens with one attached hydrogen (secondary N) is 1. The van der Waals surface area contributed by atoms with E-state index in [2.05, 4.69) is 10.5 Å². The Morgan fingerprint density at radius 1 is 1.50 bits per heavy atom. The minimum atomic E-state index is -0.658. The van der Waals surface area contributed by atoms with Crippen molar-refractivity contribution in [1.82, 2.24) is 10.1 Å². The van der Waals surface area contributed by atoms with Crippen LogP contribution in [0.3, 0.4) is 0 Å². The van der Waals surface area contributed by atoms with Gasteiger partial charge in [-0.05, 0) is 12.3 Å². The summed E-state index contributed by atoms with van der Waals surface area (Å²) in [5.41, 5.74) is 5.52. The first-order valence-corrected chi connectivity index (χ1v) is 6.35. The number of anilines is 1. The maximum atomic E-state index is 12.1. The van der Waals surface area contributed by atoms with E-state index < -0.39 is 6.04 Å². The molecule has 0 unspecified atom stereocenters. The van der Waals surface area contributed by atoms with Gasteiger partial charge in [0.15, 0.2) is 5.82 Å². The molecular formula is C13H22N4O3. The molecule has 0 aromatic carbocycles. The second kappa shape index (κ2) is 6.04. The minimum absolute atomic E-state index is 0.0888. The number of carbonyl (C=O) groups is 2. The maximum Gasteiger partial charge on any atom is 0.245 e. The van der Waals surface area contributed by atoms with Crippen molar-refractivity contribution in [2.24, 2.45) is 11.1 Å². The van der Waals surface area contributed by atoms with Gasteiger partial charge in [-0.15, -0.1) is 0 Å². The molecular weight excluding hydrogens is 260 g/mol. The lowest BCUT2D eigenvalue weighted by atomic mass is 9.86. The van der Waals surface area contributed by atoms with Gasteiger partial charge in [0.1, 0.15) is 5.76 Å². The second-order valence-corrected chi connectivity index (χ2v) is 5.91. The lowest BCUT2D eigenvalue weighted by Gasteiger charge is -2.29. The van der Waals surface area contributed by atoms with Crippen molar-refractivity contribution < 1.29 is 14.1 Å². The van der Waals surface area contributed by atoms with Crippen molar-refractivity contribution in [1.29, 1.82) is 0 Å². The van der Waals surface area contributed by atoms with Gasteiger partial charge >= 0.3 is 0 Å². The van der Waals surface area contributed by atoms with E-state index in [-0.39, 0.29) is 23.8 Å². The zero-order valence-corrected chi connectivity index (χ0v) is 12.6. The quantitative estimate of drug-likeness (QED) is 0.848. The SMILES string of the molecule is Cc1cc(NC(=O)CN(C)C(=O)[C@@H](N)C(C)(C)C)no1. The third-order valence-electron chi connectivity index (χ3n) is 2.85. The van der Waals surface area contributed by atoms with Gasteiger partial charge in [0.25, 0.3) is 0 Å². The zero-order chi connectivity index (χ0) is 15.5. The first-order chi connectivity index (χ1) is 9.11. The molecule has 0 bridgehead atoms. The van der Waals surface area contributed by atoms with Gasteiger partial charge in [-0.1, -0.05) is 25.9 Å². The van der Waals surface area contributed by atoms with Crippen LogP contribution in [0.4, 0.5) is 5.82 Å². The highest BCUT2D eigenvalue weighted by Gasteiger charge is 2.30. The minimum Gasteiger partial charge on any atom is -0.360 e. The van der Waals surface area contributed by atoms with Crippen molar-refractivity contribution in [2.45, 2.75) is 33.7 Å². The van der Waals surface area contributed by atoms with Gasteiger partial charge in [0, 0.05) is 13.1 Å². The Labute approximate surface area is 118 Å². The Bertz CT molecular complexity index is 490. The monoisotopic (exact) mass is 282 g/mol. The molecule has 0 aliphatic heterocycles. The number of aromatic nitrogens is 1. The van der Waals surface area contributed by atoms with E-state index in [9.17, 15) is 9.59 Å². The molecule has 7 nitrogen and oxygen atoms in total. The summed E-state index contributed by atoms with van der Waals surface area (Å²) in [6.45, 7) is 7.26. The molecule has 1 heterocycles. The normalized spacial score (nSPS) is 12.9. The van der Waals surface area contributed by atoms with E-state index in [1.807, 2.05) is 20.8 Å². The molecule has 0 saturated heterocycles. The van der Waals surface area contributed by atoms with E-state index in [1.54, 1.807) is 20.0 Å². The third kappa shape index (κ3) is 4.34. The summed E-state index contributed by atoms with van der Waals surface area (Å²) in [6.07, 6.45) is 0. The molecule has 3 N–H and O–H groups in total. The van der Waals surface area contributed by atoms with Crippen LogP contribution in [0.2, 0.25) is 0 Å². The highest BCUT2D eigenvalue weighted by atomic mass is 16.5. The first-order valence-electron chi connectivity index (χ1n) is 6.35. The molecule has 7 heteroatoms. The Morgan fingerprint density at radius 3 is 2.55 bits per heavy atom. The fourth-order valence-corrected chi connectivity index (χ4v) is 1.51. The molecule has 0 radical (unpaired) electrons. The molecule has 1 rings (SSSR count). The van der Waals surface area contributed by atoms with Gasteiger partial charge in [-0.3, -0.25) is 9.59 Å². The summed E-state index contributed by atoms with van der Waals surface area (Å²) in [5, 5.41) is 6.19. The molecule has 0 fully saturated rings. The number of amides is 2. The average molecular weight is 282 g/mol. The van der Waals surface area contributed by atoms with Crippen LogP contribution >= 0.6 is 0 Å². The van der Waals surface area contributed by atoms with Gasteiger partial charge < -0.3 is 20.5 Å². The molecule has 1 aromatic heterocycles.